The first-order chi connectivity index (χ1) is 9.63. The number of hydrogen-bond acceptors (Lipinski definition) is 4. The van der Waals surface area contributed by atoms with Crippen LogP contribution >= 0.6 is 0 Å². The first-order valence-corrected chi connectivity index (χ1v) is 6.86. The minimum absolute atomic E-state index is 0.197. The first kappa shape index (κ1) is 16.2. The van der Waals surface area contributed by atoms with Crippen molar-refractivity contribution in [2.75, 3.05) is 13.2 Å². The van der Waals surface area contributed by atoms with Crippen LogP contribution in [0.25, 0.3) is 0 Å². The third-order valence-corrected chi connectivity index (χ3v) is 2.80. The minimum atomic E-state index is -0.569. The minimum Gasteiger partial charge on any atom is -0.466 e. The predicted octanol–water partition coefficient (Wildman–Crippen LogP) is 1.02. The van der Waals surface area contributed by atoms with Gasteiger partial charge < -0.3 is 15.8 Å². The Bertz CT molecular complexity index is 420. The topological polar surface area (TPSA) is 81.4 Å². The number of carbonyl (C=O) groups is 2. The third-order valence-electron chi connectivity index (χ3n) is 2.80. The van der Waals surface area contributed by atoms with Crippen LogP contribution in [0.15, 0.2) is 30.3 Å². The molecule has 1 atom stereocenters. The monoisotopic (exact) mass is 278 g/mol. The zero-order valence-electron chi connectivity index (χ0n) is 11.8. The van der Waals surface area contributed by atoms with Gasteiger partial charge in [-0.1, -0.05) is 30.3 Å². The summed E-state index contributed by atoms with van der Waals surface area (Å²) in [5.41, 5.74) is 6.86. The molecule has 0 aliphatic heterocycles. The van der Waals surface area contributed by atoms with Gasteiger partial charge in [-0.15, -0.1) is 0 Å². The van der Waals surface area contributed by atoms with Crippen molar-refractivity contribution in [3.63, 3.8) is 0 Å². The van der Waals surface area contributed by atoms with Gasteiger partial charge in [0, 0.05) is 13.0 Å². The standard InChI is InChI=1S/C15H22N2O3/c1-2-20-14(18)9-6-10-17-15(19)13(16)11-12-7-4-3-5-8-12/h3-5,7-8,13H,2,6,9-11,16H2,1H3,(H,17,19)/t13-/m1/s1. The molecule has 5 heteroatoms. The van der Waals surface area contributed by atoms with Gasteiger partial charge >= 0.3 is 5.97 Å². The van der Waals surface area contributed by atoms with Crippen molar-refractivity contribution in [1.29, 1.82) is 0 Å². The number of esters is 1. The second kappa shape index (κ2) is 9.09. The molecule has 1 aromatic carbocycles. The van der Waals surface area contributed by atoms with E-state index in [1.165, 1.54) is 0 Å². The molecule has 0 saturated heterocycles. The summed E-state index contributed by atoms with van der Waals surface area (Å²) in [5.74, 6) is -0.437. The summed E-state index contributed by atoms with van der Waals surface area (Å²) in [4.78, 5) is 22.9. The van der Waals surface area contributed by atoms with Crippen molar-refractivity contribution in [2.24, 2.45) is 5.73 Å². The van der Waals surface area contributed by atoms with Gasteiger partial charge in [0.25, 0.3) is 0 Å². The fourth-order valence-electron chi connectivity index (χ4n) is 1.77. The molecule has 1 rings (SSSR count). The first-order valence-electron chi connectivity index (χ1n) is 6.86. The van der Waals surface area contributed by atoms with Crippen LogP contribution in [0, 0.1) is 0 Å². The molecule has 0 spiro atoms. The van der Waals surface area contributed by atoms with E-state index >= 15 is 0 Å². The van der Waals surface area contributed by atoms with Crippen LogP contribution in [0.1, 0.15) is 25.3 Å². The number of ether oxygens (including phenoxy) is 1. The maximum atomic E-state index is 11.8. The van der Waals surface area contributed by atoms with Crippen LogP contribution in [0.3, 0.4) is 0 Å². The maximum Gasteiger partial charge on any atom is 0.305 e. The smallest absolute Gasteiger partial charge is 0.305 e. The maximum absolute atomic E-state index is 11.8. The Morgan fingerprint density at radius 3 is 2.65 bits per heavy atom. The van der Waals surface area contributed by atoms with Crippen LogP contribution in [-0.4, -0.2) is 31.1 Å². The molecular weight excluding hydrogens is 256 g/mol. The van der Waals surface area contributed by atoms with Gasteiger partial charge in [-0.05, 0) is 25.3 Å². The van der Waals surface area contributed by atoms with Crippen molar-refractivity contribution in [3.05, 3.63) is 35.9 Å². The Hall–Kier alpha value is -1.88. The Labute approximate surface area is 119 Å². The Balaban J connectivity index is 2.20. The molecule has 0 radical (unpaired) electrons. The average Bonchev–Trinajstić information content (AvgIpc) is 2.44. The molecule has 5 nitrogen and oxygen atoms in total. The molecule has 0 fully saturated rings. The molecular formula is C15H22N2O3. The molecule has 0 aromatic heterocycles. The van der Waals surface area contributed by atoms with E-state index in [9.17, 15) is 9.59 Å². The molecule has 0 saturated carbocycles. The van der Waals surface area contributed by atoms with E-state index in [4.69, 9.17) is 10.5 Å². The lowest BCUT2D eigenvalue weighted by Crippen LogP contribution is -2.42. The van der Waals surface area contributed by atoms with E-state index in [0.717, 1.165) is 5.56 Å². The van der Waals surface area contributed by atoms with E-state index in [1.807, 2.05) is 30.3 Å². The van der Waals surface area contributed by atoms with Crippen molar-refractivity contribution < 1.29 is 14.3 Å². The van der Waals surface area contributed by atoms with E-state index in [-0.39, 0.29) is 11.9 Å². The van der Waals surface area contributed by atoms with Crippen molar-refractivity contribution in [3.8, 4) is 0 Å². The normalized spacial score (nSPS) is 11.7. The molecule has 1 amide bonds. The van der Waals surface area contributed by atoms with Crippen LogP contribution in [-0.2, 0) is 20.7 Å². The molecule has 1 aromatic rings. The summed E-state index contributed by atoms with van der Waals surface area (Å²) < 4.78 is 4.80. The highest BCUT2D eigenvalue weighted by Crippen LogP contribution is 2.02. The molecule has 0 unspecified atom stereocenters. The molecule has 20 heavy (non-hydrogen) atoms. The van der Waals surface area contributed by atoms with Crippen LogP contribution in [0.2, 0.25) is 0 Å². The molecule has 110 valence electrons. The number of hydrogen-bond donors (Lipinski definition) is 2. The summed E-state index contributed by atoms with van der Waals surface area (Å²) in [7, 11) is 0. The van der Waals surface area contributed by atoms with Crippen molar-refractivity contribution in [2.45, 2.75) is 32.2 Å². The quantitative estimate of drug-likeness (QED) is 0.549. The van der Waals surface area contributed by atoms with Gasteiger partial charge in [0.1, 0.15) is 0 Å². The molecule has 0 aliphatic rings. The second-order valence-corrected chi connectivity index (χ2v) is 4.50. The number of amides is 1. The zero-order valence-corrected chi connectivity index (χ0v) is 11.8. The molecule has 0 aliphatic carbocycles. The van der Waals surface area contributed by atoms with Crippen LogP contribution in [0.4, 0.5) is 0 Å². The summed E-state index contributed by atoms with van der Waals surface area (Å²) in [6.45, 7) is 2.58. The number of benzene rings is 1. The van der Waals surface area contributed by atoms with E-state index in [1.54, 1.807) is 6.92 Å². The number of nitrogens with one attached hydrogen (secondary N) is 1. The lowest BCUT2D eigenvalue weighted by molar-refractivity contribution is -0.143. The van der Waals surface area contributed by atoms with E-state index in [2.05, 4.69) is 5.32 Å². The van der Waals surface area contributed by atoms with Gasteiger partial charge in [-0.2, -0.15) is 0 Å². The summed E-state index contributed by atoms with van der Waals surface area (Å²) in [6, 6.07) is 9.06. The SMILES string of the molecule is CCOC(=O)CCCNC(=O)[C@H](N)Cc1ccccc1. The lowest BCUT2D eigenvalue weighted by Gasteiger charge is -2.12. The number of rotatable bonds is 8. The number of nitrogens with two attached hydrogens (primary N) is 1. The van der Waals surface area contributed by atoms with Gasteiger partial charge in [0.2, 0.25) is 5.91 Å². The van der Waals surface area contributed by atoms with Crippen LogP contribution < -0.4 is 11.1 Å². The fourth-order valence-corrected chi connectivity index (χ4v) is 1.77. The van der Waals surface area contributed by atoms with Gasteiger partial charge in [-0.25, -0.2) is 0 Å². The zero-order chi connectivity index (χ0) is 14.8. The highest BCUT2D eigenvalue weighted by molar-refractivity contribution is 5.81. The summed E-state index contributed by atoms with van der Waals surface area (Å²) in [6.07, 6.45) is 1.37. The fraction of sp³-hybridized carbons (Fsp3) is 0.467. The molecule has 3 N–H and O–H groups in total. The average molecular weight is 278 g/mol. The van der Waals surface area contributed by atoms with E-state index < -0.39 is 6.04 Å². The lowest BCUT2D eigenvalue weighted by atomic mass is 10.1. The third kappa shape index (κ3) is 6.33. The van der Waals surface area contributed by atoms with Crippen molar-refractivity contribution >= 4 is 11.9 Å². The van der Waals surface area contributed by atoms with Gasteiger partial charge in [-0.3, -0.25) is 9.59 Å². The van der Waals surface area contributed by atoms with Gasteiger partial charge in [0.05, 0.1) is 12.6 Å². The molecule has 0 bridgehead atoms. The largest absolute Gasteiger partial charge is 0.466 e. The second-order valence-electron chi connectivity index (χ2n) is 4.50. The highest BCUT2D eigenvalue weighted by atomic mass is 16.5. The Morgan fingerprint density at radius 1 is 1.30 bits per heavy atom. The highest BCUT2D eigenvalue weighted by Gasteiger charge is 2.13. The summed E-state index contributed by atoms with van der Waals surface area (Å²) in [5, 5.41) is 2.73. The Kier molecular flexibility index (Phi) is 7.35. The predicted molar refractivity (Wildman–Crippen MR) is 77.0 cm³/mol. The van der Waals surface area contributed by atoms with Crippen molar-refractivity contribution in [1.82, 2.24) is 5.32 Å². The van der Waals surface area contributed by atoms with Gasteiger partial charge in [0.15, 0.2) is 0 Å². The number of carbonyl (C=O) groups excluding carboxylic acids is 2. The van der Waals surface area contributed by atoms with E-state index in [0.29, 0.717) is 32.4 Å². The van der Waals surface area contributed by atoms with Crippen LogP contribution in [0.5, 0.6) is 0 Å². The molecule has 0 heterocycles. The summed E-state index contributed by atoms with van der Waals surface area (Å²) >= 11 is 0. The Morgan fingerprint density at radius 2 is 2.00 bits per heavy atom.